The second-order valence-electron chi connectivity index (χ2n) is 31.2. The molecule has 43 nitrogen and oxygen atoms in total. The Morgan fingerprint density at radius 3 is 1.63 bits per heavy atom. The molecule has 2 aromatic heterocycles. The van der Waals surface area contributed by atoms with E-state index in [1.807, 2.05) is 0 Å². The number of nitrogens with one attached hydrogen (secondary N) is 12. The van der Waals surface area contributed by atoms with Crippen LogP contribution >= 0.6 is 11.8 Å². The molecule has 684 valence electrons. The molecule has 3 aliphatic heterocycles. The first-order chi connectivity index (χ1) is 59.9. The van der Waals surface area contributed by atoms with Gasteiger partial charge < -0.3 is 130 Å². The number of aliphatic hydroxyl groups excluding tert-OH is 4. The number of hydrogen-bond acceptors (Lipinski definition) is 24. The highest BCUT2D eigenvalue weighted by molar-refractivity contribution is 8.00. The number of phenolic OH excluding ortho intramolecular Hbond substituents is 1. The molecule has 5 heterocycles. The number of benzene rings is 3. The number of hydrogen-bond donors (Lipinski definition) is 20. The minimum Gasteiger partial charge on any atom is -0.508 e. The largest absolute Gasteiger partial charge is 0.508 e. The maximum Gasteiger partial charge on any atom is 0.303 e. The number of aliphatic carboxylic acids is 1. The number of para-hydroxylation sites is 2. The molecular formula is C82H111N19O24S. The van der Waals surface area contributed by atoms with Crippen molar-refractivity contribution in [1.82, 2.24) is 87.6 Å². The summed E-state index contributed by atoms with van der Waals surface area (Å²) in [6, 6.07) is -4.34. The van der Waals surface area contributed by atoms with E-state index >= 15 is 9.59 Å². The van der Waals surface area contributed by atoms with Gasteiger partial charge in [-0.3, -0.25) is 86.3 Å². The van der Waals surface area contributed by atoms with E-state index in [4.69, 9.17) is 11.5 Å². The van der Waals surface area contributed by atoms with Crippen molar-refractivity contribution in [3.63, 3.8) is 0 Å². The number of phenols is 1. The number of thioether (sulfide) groups is 1. The lowest BCUT2D eigenvalue weighted by molar-refractivity contribution is -0.148. The van der Waals surface area contributed by atoms with Gasteiger partial charge in [-0.25, -0.2) is 0 Å². The van der Waals surface area contributed by atoms with Crippen LogP contribution < -0.4 is 64.6 Å². The monoisotopic (exact) mass is 1780 g/mol. The number of likely N-dealkylation sites (N-methyl/N-ethyl adjacent to an activating group) is 3. The van der Waals surface area contributed by atoms with Crippen LogP contribution in [-0.2, 0) is 106 Å². The number of carbonyl (C=O) groups is 18. The summed E-state index contributed by atoms with van der Waals surface area (Å²) >= 11 is 0.689. The van der Waals surface area contributed by atoms with Crippen LogP contribution in [0.4, 0.5) is 0 Å². The van der Waals surface area contributed by atoms with E-state index in [0.29, 0.717) is 56.7 Å². The summed E-state index contributed by atoms with van der Waals surface area (Å²) in [6.45, 7) is -0.359. The lowest BCUT2D eigenvalue weighted by Crippen LogP contribution is -2.61. The highest BCUT2D eigenvalue weighted by Gasteiger charge is 2.46. The van der Waals surface area contributed by atoms with Crippen molar-refractivity contribution in [2.45, 2.75) is 195 Å². The van der Waals surface area contributed by atoms with E-state index < -0.39 is 274 Å². The average molecular weight is 1780 g/mol. The van der Waals surface area contributed by atoms with E-state index in [1.165, 1.54) is 59.3 Å². The van der Waals surface area contributed by atoms with Gasteiger partial charge in [-0.15, -0.1) is 11.8 Å². The van der Waals surface area contributed by atoms with Crippen LogP contribution in [0.2, 0.25) is 0 Å². The first-order valence-corrected chi connectivity index (χ1v) is 42.2. The van der Waals surface area contributed by atoms with Gasteiger partial charge in [0, 0.05) is 113 Å². The van der Waals surface area contributed by atoms with Gasteiger partial charge in [-0.05, 0) is 86.9 Å². The molecule has 0 spiro atoms. The fourth-order valence-electron chi connectivity index (χ4n) is 15.0. The second kappa shape index (κ2) is 46.2. The van der Waals surface area contributed by atoms with Crippen molar-refractivity contribution in [3.8, 4) is 5.75 Å². The molecule has 15 atom stereocenters. The zero-order chi connectivity index (χ0) is 92.5. The Morgan fingerprint density at radius 2 is 1.04 bits per heavy atom. The number of aromatic hydroxyl groups is 1. The van der Waals surface area contributed by atoms with Crippen LogP contribution in [0, 0.1) is 0 Å². The molecule has 8 rings (SSSR count). The number of unbranched alkanes of at least 4 members (excludes halogenated alkanes) is 1. The molecule has 3 aliphatic rings. The number of carboxylic acids is 1. The van der Waals surface area contributed by atoms with Crippen molar-refractivity contribution >= 4 is 140 Å². The summed E-state index contributed by atoms with van der Waals surface area (Å²) in [5, 5.41) is 89.1. The molecule has 0 radical (unpaired) electrons. The molecule has 1 unspecified atom stereocenters. The number of primary amides is 2. The first-order valence-electron chi connectivity index (χ1n) is 41.0. The number of aromatic nitrogens is 2. The summed E-state index contributed by atoms with van der Waals surface area (Å²) in [5.41, 5.74) is 13.5. The first kappa shape index (κ1) is 98.6. The number of carboxylic acid groups (broad SMARTS) is 1. The molecule has 3 fully saturated rings. The quantitative estimate of drug-likeness (QED) is 0.0325. The molecule has 5 aromatic rings. The van der Waals surface area contributed by atoms with Crippen LogP contribution in [0.1, 0.15) is 102 Å². The van der Waals surface area contributed by atoms with E-state index in [0.717, 1.165) is 24.5 Å². The molecule has 0 saturated carbocycles. The number of aromatic amines is 2. The SMILES string of the molecule is CCCC[C@H]1C(=O)N[C@@H](CC(N)=O)C(=O)N2CCC[C@H]2C(=O)N[C@@H](CO)C(=O)N[C@@H](CCO)C(=O)N2C[C@H](O)C[C@H]2C(=O)N[C@@H](Cc2c[nH]c3ccccc23)C(=O)N[C@@H](CO)C(=O)N[C@@H](Cc2c[nH]c3ccccc23)C(=O)N(C)[C@@H](C)C(=O)N(C)[C@@H](C)C(=O)N[C@@H](CCC(=O)O)C(=O)NC(C(=O)NCC(N)=O)CSCC(=O)N[C@@H](Cc2ccc(O)cc2)C(=O)N1C. The topological polar surface area (TPSA) is 649 Å². The Balaban J connectivity index is 1.15. The van der Waals surface area contributed by atoms with Crippen LogP contribution in [0.3, 0.4) is 0 Å². The number of carbonyl (C=O) groups excluding carboxylic acids is 17. The molecule has 3 aromatic carbocycles. The third-order valence-electron chi connectivity index (χ3n) is 22.3. The van der Waals surface area contributed by atoms with E-state index in [2.05, 4.69) is 63.1 Å². The number of H-pyrrole nitrogens is 2. The highest BCUT2D eigenvalue weighted by Crippen LogP contribution is 2.27. The van der Waals surface area contributed by atoms with E-state index in [-0.39, 0.29) is 57.2 Å². The number of aliphatic hydroxyl groups is 4. The molecule has 3 saturated heterocycles. The number of nitrogens with zero attached hydrogens (tertiary/aromatic N) is 5. The van der Waals surface area contributed by atoms with Crippen molar-refractivity contribution in [3.05, 3.63) is 102 Å². The standard InChI is InChI=1S/C82H111N19O24S/c1-7-8-18-62-75(118)93-58(33-65(83)107)82(125)100-27-13-19-63(100)76(119)95-60(39-104)73(116)90-54(26-28-102)81(124)101-37-48(106)32-64(101)77(120)91-55(30-45-34-85-51-16-11-9-14-49(45)51)72(115)94-59(38-103)74(117)92-57(31-46-35-86-52-17-12-10-15-50(46)52)79(122)98(5)43(3)78(121)97(4)42(2)69(112)89-53(24-25-68(110)111)71(114)96-61(70(113)87-36-66(84)108)40-126-41-67(109)88-56(80(123)99(62)6)29-44-20-22-47(105)23-21-44/h9-12,14-17,20-23,34-35,42-43,48,53-64,85-86,102-106H,7-8,13,18-19,24-33,36-41H2,1-6H3,(H2,83,107)(H2,84,108)(H,87,113)(H,88,109)(H,89,112)(H,90,116)(H,91,120)(H,92,117)(H,93,118)(H,94,115)(H,95,119)(H,96,114)(H,110,111)/t42-,43-,48+,53-,54-,55-,56-,57-,58-,59-,60-,61?,62-,63-,64-/m0/s1. The third-order valence-corrected chi connectivity index (χ3v) is 23.3. The third kappa shape index (κ3) is 26.4. The predicted octanol–water partition coefficient (Wildman–Crippen LogP) is -6.13. The summed E-state index contributed by atoms with van der Waals surface area (Å²) in [6.07, 6.45) is -2.02. The highest BCUT2D eigenvalue weighted by atomic mass is 32.2. The summed E-state index contributed by atoms with van der Waals surface area (Å²) < 4.78 is 0. The Bertz CT molecular complexity index is 4820. The lowest BCUT2D eigenvalue weighted by atomic mass is 10.0. The molecule has 17 amide bonds. The van der Waals surface area contributed by atoms with Gasteiger partial charge in [0.1, 0.15) is 90.3 Å². The van der Waals surface area contributed by atoms with Gasteiger partial charge in [-0.1, -0.05) is 68.3 Å². The Kier molecular flexibility index (Phi) is 36.2. The van der Waals surface area contributed by atoms with E-state index in [9.17, 15) is 107 Å². The molecule has 44 heteroatoms. The van der Waals surface area contributed by atoms with Crippen molar-refractivity contribution in [2.24, 2.45) is 11.5 Å². The zero-order valence-electron chi connectivity index (χ0n) is 70.4. The number of rotatable bonds is 21. The average Bonchev–Trinajstić information content (AvgIpc) is 1.71. The Hall–Kier alpha value is -12.8. The Morgan fingerprint density at radius 1 is 0.524 bits per heavy atom. The number of nitrogens with two attached hydrogens (primary N) is 2. The molecule has 126 heavy (non-hydrogen) atoms. The predicted molar refractivity (Wildman–Crippen MR) is 451 cm³/mol. The molecule has 22 N–H and O–H groups in total. The lowest BCUT2D eigenvalue weighted by Gasteiger charge is -2.34. The second-order valence-corrected chi connectivity index (χ2v) is 32.3. The van der Waals surface area contributed by atoms with Crippen LogP contribution in [0.25, 0.3) is 21.8 Å². The summed E-state index contributed by atoms with van der Waals surface area (Å²) in [5.74, 6) is -20.7. The van der Waals surface area contributed by atoms with Crippen LogP contribution in [0.5, 0.6) is 5.75 Å². The molecular weight excluding hydrogens is 1670 g/mol. The fourth-order valence-corrected chi connectivity index (χ4v) is 15.8. The van der Waals surface area contributed by atoms with Gasteiger partial charge in [0.05, 0.1) is 38.0 Å². The normalized spacial score (nSPS) is 25.7. The maximum absolute atomic E-state index is 15.1. The summed E-state index contributed by atoms with van der Waals surface area (Å²) in [4.78, 5) is 267. The van der Waals surface area contributed by atoms with Gasteiger partial charge >= 0.3 is 5.97 Å². The van der Waals surface area contributed by atoms with E-state index in [1.54, 1.807) is 67.8 Å². The molecule has 0 bridgehead atoms. The number of fused-ring (bicyclic) bond motifs is 4. The van der Waals surface area contributed by atoms with Gasteiger partial charge in [-0.2, -0.15) is 0 Å². The summed E-state index contributed by atoms with van der Waals surface area (Å²) in [7, 11) is 3.60. The van der Waals surface area contributed by atoms with Gasteiger partial charge in [0.15, 0.2) is 0 Å². The minimum atomic E-state index is -1.93. The Labute approximate surface area is 727 Å². The van der Waals surface area contributed by atoms with Crippen LogP contribution in [0.15, 0.2) is 85.2 Å². The zero-order valence-corrected chi connectivity index (χ0v) is 71.2. The number of amides is 17. The van der Waals surface area contributed by atoms with Crippen LogP contribution in [-0.4, -0.2) is 334 Å². The molecule has 0 aliphatic carbocycles. The smallest absolute Gasteiger partial charge is 0.303 e. The van der Waals surface area contributed by atoms with Crippen molar-refractivity contribution in [1.29, 1.82) is 0 Å². The maximum atomic E-state index is 15.1. The van der Waals surface area contributed by atoms with Crippen molar-refractivity contribution < 1.29 is 117 Å². The van der Waals surface area contributed by atoms with Gasteiger partial charge in [0.2, 0.25) is 100 Å². The minimum absolute atomic E-state index is 0.0950. The fraction of sp³-hybridized carbons (Fsp3) is 0.512. The van der Waals surface area contributed by atoms with Crippen molar-refractivity contribution in [2.75, 3.05) is 72.1 Å². The van der Waals surface area contributed by atoms with Gasteiger partial charge in [0.25, 0.3) is 0 Å².